The van der Waals surface area contributed by atoms with E-state index in [1.807, 2.05) is 0 Å². The van der Waals surface area contributed by atoms with Gasteiger partial charge in [0.25, 0.3) is 0 Å². The van der Waals surface area contributed by atoms with Crippen LogP contribution in [-0.4, -0.2) is 31.5 Å². The predicted octanol–water partition coefficient (Wildman–Crippen LogP) is 4.17. The van der Waals surface area contributed by atoms with Gasteiger partial charge < -0.3 is 0 Å². The minimum absolute atomic E-state index is 0.353. The molecule has 0 aromatic carbocycles. The molecule has 17 heavy (non-hydrogen) atoms. The van der Waals surface area contributed by atoms with Gasteiger partial charge in [0.1, 0.15) is 0 Å². The zero-order valence-corrected chi connectivity index (χ0v) is 9.28. The monoisotopic (exact) mass is 296 g/mol. The Hall–Kier alpha value is -0.483. The molecule has 0 atom stereocenters. The number of hydrogen-bond acceptors (Lipinski definition) is 0. The SMILES string of the molecule is C[Si](C)(C(F)(F)C(F)(F)F)C(F)(F)C(F)(F)F. The van der Waals surface area contributed by atoms with Gasteiger partial charge in [-0.2, -0.15) is 26.3 Å². The molecule has 0 aromatic rings. The molecule has 0 radical (unpaired) electrons. The lowest BCUT2D eigenvalue weighted by atomic mass is 10.6. The van der Waals surface area contributed by atoms with Crippen LogP contribution in [0, 0.1) is 0 Å². The minimum Gasteiger partial charge on any atom is -0.201 e. The zero-order valence-electron chi connectivity index (χ0n) is 8.28. The fourth-order valence-corrected chi connectivity index (χ4v) is 2.72. The number of alkyl halides is 10. The smallest absolute Gasteiger partial charge is 0.201 e. The molecule has 0 spiro atoms. The second kappa shape index (κ2) is 3.75. The van der Waals surface area contributed by atoms with Crippen LogP contribution in [0.15, 0.2) is 0 Å². The van der Waals surface area contributed by atoms with Crippen molar-refractivity contribution in [2.24, 2.45) is 0 Å². The average molecular weight is 296 g/mol. The van der Waals surface area contributed by atoms with Crippen LogP contribution in [0.3, 0.4) is 0 Å². The first-order valence-electron chi connectivity index (χ1n) is 3.89. The van der Waals surface area contributed by atoms with Crippen LogP contribution >= 0.6 is 0 Å². The van der Waals surface area contributed by atoms with Crippen molar-refractivity contribution in [1.29, 1.82) is 0 Å². The maximum absolute atomic E-state index is 12.7. The highest BCUT2D eigenvalue weighted by Gasteiger charge is 2.81. The van der Waals surface area contributed by atoms with E-state index >= 15 is 0 Å². The third kappa shape index (κ3) is 2.25. The molecule has 0 amide bonds. The first-order chi connectivity index (χ1) is 7.00. The Morgan fingerprint density at radius 1 is 0.529 bits per heavy atom. The fourth-order valence-electron chi connectivity index (χ4n) is 0.906. The van der Waals surface area contributed by atoms with Crippen molar-refractivity contribution < 1.29 is 43.9 Å². The van der Waals surface area contributed by atoms with Crippen LogP contribution in [0.25, 0.3) is 0 Å². The Bertz CT molecular complexity index is 256. The molecule has 11 heteroatoms. The van der Waals surface area contributed by atoms with Crippen LogP contribution in [0.2, 0.25) is 13.1 Å². The van der Waals surface area contributed by atoms with Crippen molar-refractivity contribution in [3.8, 4) is 0 Å². The van der Waals surface area contributed by atoms with E-state index in [0.717, 1.165) is 0 Å². The predicted molar refractivity (Wildman–Crippen MR) is 39.5 cm³/mol. The number of rotatable bonds is 2. The Kier molecular flexibility index (Phi) is 3.65. The molecule has 0 aliphatic carbocycles. The van der Waals surface area contributed by atoms with Gasteiger partial charge in [-0.15, -0.1) is 0 Å². The standard InChI is InChI=1S/C6H6F10Si/c1-17(2,5(13,14)3(7,8)9)6(15,16)4(10,11)12/h1-2H3. The molecule has 0 bridgehead atoms. The lowest BCUT2D eigenvalue weighted by molar-refractivity contribution is -0.275. The molecular weight excluding hydrogens is 290 g/mol. The van der Waals surface area contributed by atoms with Gasteiger partial charge in [0.2, 0.25) is 8.07 Å². The molecule has 0 aromatic heterocycles. The highest BCUT2D eigenvalue weighted by molar-refractivity contribution is 6.82. The largest absolute Gasteiger partial charge is 0.449 e. The van der Waals surface area contributed by atoms with Gasteiger partial charge >= 0.3 is 23.4 Å². The van der Waals surface area contributed by atoms with Gasteiger partial charge in [-0.3, -0.25) is 0 Å². The van der Waals surface area contributed by atoms with Gasteiger partial charge in [-0.1, -0.05) is 13.1 Å². The Balaban J connectivity index is 5.73. The van der Waals surface area contributed by atoms with Crippen LogP contribution in [0.1, 0.15) is 0 Å². The third-order valence-corrected chi connectivity index (χ3v) is 5.99. The maximum atomic E-state index is 12.7. The topological polar surface area (TPSA) is 0 Å². The van der Waals surface area contributed by atoms with Crippen molar-refractivity contribution in [2.45, 2.75) is 36.5 Å². The van der Waals surface area contributed by atoms with Gasteiger partial charge in [0, 0.05) is 0 Å². The molecule has 0 saturated heterocycles. The number of halogens is 10. The molecular formula is C6H6F10Si. The van der Waals surface area contributed by atoms with Crippen molar-refractivity contribution in [3.05, 3.63) is 0 Å². The summed E-state index contributed by atoms with van der Waals surface area (Å²) in [5.74, 6) is 0. The molecule has 0 saturated carbocycles. The van der Waals surface area contributed by atoms with Gasteiger partial charge in [-0.05, 0) is 0 Å². The quantitative estimate of drug-likeness (QED) is 0.530. The summed E-state index contributed by atoms with van der Waals surface area (Å²) in [4.78, 5) is 0. The van der Waals surface area contributed by atoms with Crippen molar-refractivity contribution in [2.75, 3.05) is 0 Å². The van der Waals surface area contributed by atoms with E-state index in [9.17, 15) is 43.9 Å². The van der Waals surface area contributed by atoms with Crippen LogP contribution in [-0.2, 0) is 0 Å². The van der Waals surface area contributed by atoms with E-state index in [2.05, 4.69) is 0 Å². The highest BCUT2D eigenvalue weighted by atomic mass is 28.3. The summed E-state index contributed by atoms with van der Waals surface area (Å²) >= 11 is 0. The summed E-state index contributed by atoms with van der Waals surface area (Å²) in [6.07, 6.45) is -12.9. The summed E-state index contributed by atoms with van der Waals surface area (Å²) in [5, 5.41) is 0. The summed E-state index contributed by atoms with van der Waals surface area (Å²) in [6, 6.07) is 0. The summed E-state index contributed by atoms with van der Waals surface area (Å²) in [5.41, 5.74) is -12.1. The first kappa shape index (κ1) is 16.5. The molecule has 104 valence electrons. The first-order valence-corrected chi connectivity index (χ1v) is 6.89. The summed E-state index contributed by atoms with van der Waals surface area (Å²) < 4.78 is 122. The molecule has 0 fully saturated rings. The zero-order chi connectivity index (χ0) is 14.5. The van der Waals surface area contributed by atoms with E-state index in [1.165, 1.54) is 0 Å². The van der Waals surface area contributed by atoms with E-state index in [4.69, 9.17) is 0 Å². The fraction of sp³-hybridized carbons (Fsp3) is 1.00. The summed E-state index contributed by atoms with van der Waals surface area (Å²) in [6.45, 7) is -0.706. The van der Waals surface area contributed by atoms with Crippen molar-refractivity contribution in [1.82, 2.24) is 0 Å². The Labute approximate surface area is 89.6 Å². The maximum Gasteiger partial charge on any atom is 0.449 e. The third-order valence-electron chi connectivity index (χ3n) is 2.28. The molecule has 0 aliphatic rings. The van der Waals surface area contributed by atoms with E-state index in [-0.39, 0.29) is 13.1 Å². The second-order valence-corrected chi connectivity index (χ2v) is 8.28. The van der Waals surface area contributed by atoms with E-state index in [0.29, 0.717) is 0 Å². The number of hydrogen-bond donors (Lipinski definition) is 0. The van der Waals surface area contributed by atoms with Gasteiger partial charge in [-0.25, -0.2) is 17.6 Å². The molecule has 0 heterocycles. The lowest BCUT2D eigenvalue weighted by Gasteiger charge is -2.39. The van der Waals surface area contributed by atoms with E-state index in [1.54, 1.807) is 0 Å². The molecule has 0 aliphatic heterocycles. The molecule has 0 nitrogen and oxygen atoms in total. The second-order valence-electron chi connectivity index (χ2n) is 3.77. The molecule has 0 unspecified atom stereocenters. The summed E-state index contributed by atoms with van der Waals surface area (Å²) in [7, 11) is -6.35. The Morgan fingerprint density at radius 3 is 0.824 bits per heavy atom. The van der Waals surface area contributed by atoms with Crippen molar-refractivity contribution in [3.63, 3.8) is 0 Å². The minimum atomic E-state index is -6.45. The van der Waals surface area contributed by atoms with Crippen LogP contribution in [0.5, 0.6) is 0 Å². The molecule has 0 rings (SSSR count). The van der Waals surface area contributed by atoms with Crippen LogP contribution < -0.4 is 0 Å². The van der Waals surface area contributed by atoms with Gasteiger partial charge in [0.15, 0.2) is 0 Å². The van der Waals surface area contributed by atoms with Gasteiger partial charge in [0.05, 0.1) is 0 Å². The highest BCUT2D eigenvalue weighted by Crippen LogP contribution is 2.53. The lowest BCUT2D eigenvalue weighted by Crippen LogP contribution is -2.71. The normalized spacial score (nSPS) is 16.2. The van der Waals surface area contributed by atoms with Crippen LogP contribution in [0.4, 0.5) is 43.9 Å². The Morgan fingerprint density at radius 2 is 0.706 bits per heavy atom. The van der Waals surface area contributed by atoms with Crippen molar-refractivity contribution >= 4 is 8.07 Å². The average Bonchev–Trinajstić information content (AvgIpc) is 1.98. The molecule has 0 N–H and O–H groups in total. The van der Waals surface area contributed by atoms with E-state index < -0.39 is 31.5 Å².